The molecule has 5 nitrogen and oxygen atoms in total. The summed E-state index contributed by atoms with van der Waals surface area (Å²) < 4.78 is 24.1. The molecule has 0 radical (unpaired) electrons. The van der Waals surface area contributed by atoms with E-state index in [1.54, 1.807) is 4.68 Å². The number of rotatable bonds is 6. The summed E-state index contributed by atoms with van der Waals surface area (Å²) in [7, 11) is -2.94. The fourth-order valence-corrected chi connectivity index (χ4v) is 2.27. The maximum absolute atomic E-state index is 11.2. The van der Waals surface area contributed by atoms with Gasteiger partial charge in [-0.3, -0.25) is 4.68 Å². The van der Waals surface area contributed by atoms with Crippen LogP contribution < -0.4 is 5.32 Å². The lowest BCUT2D eigenvalue weighted by Crippen LogP contribution is -2.22. The summed E-state index contributed by atoms with van der Waals surface area (Å²) in [4.78, 5) is 0. The van der Waals surface area contributed by atoms with Crippen LogP contribution in [0.2, 0.25) is 0 Å². The Labute approximate surface area is 109 Å². The van der Waals surface area contributed by atoms with Crippen molar-refractivity contribution in [2.45, 2.75) is 46.8 Å². The molecule has 0 aliphatic heterocycles. The van der Waals surface area contributed by atoms with Gasteiger partial charge in [0.1, 0.15) is 9.84 Å². The highest BCUT2D eigenvalue weighted by molar-refractivity contribution is 7.90. The van der Waals surface area contributed by atoms with E-state index >= 15 is 0 Å². The molecule has 0 bridgehead atoms. The molecule has 0 spiro atoms. The smallest absolute Gasteiger partial charge is 0.149 e. The van der Waals surface area contributed by atoms with Crippen molar-refractivity contribution in [3.8, 4) is 0 Å². The van der Waals surface area contributed by atoms with E-state index in [1.165, 1.54) is 6.26 Å². The van der Waals surface area contributed by atoms with Crippen LogP contribution in [-0.4, -0.2) is 36.2 Å². The van der Waals surface area contributed by atoms with Gasteiger partial charge in [-0.2, -0.15) is 5.10 Å². The van der Waals surface area contributed by atoms with E-state index in [0.717, 1.165) is 23.5 Å². The third-order valence-corrected chi connectivity index (χ3v) is 3.82. The molecule has 1 N–H and O–H groups in total. The van der Waals surface area contributed by atoms with E-state index in [9.17, 15) is 8.42 Å². The monoisotopic (exact) mass is 273 g/mol. The Morgan fingerprint density at radius 1 is 1.33 bits per heavy atom. The van der Waals surface area contributed by atoms with Gasteiger partial charge >= 0.3 is 0 Å². The Morgan fingerprint density at radius 3 is 2.44 bits per heavy atom. The lowest BCUT2D eigenvalue weighted by Gasteiger charge is -2.08. The van der Waals surface area contributed by atoms with Gasteiger partial charge in [-0.15, -0.1) is 0 Å². The predicted octanol–water partition coefficient (Wildman–Crippen LogP) is 1.04. The average Bonchev–Trinajstić information content (AvgIpc) is 2.47. The molecule has 1 aromatic heterocycles. The molecule has 0 saturated carbocycles. The summed E-state index contributed by atoms with van der Waals surface area (Å²) in [5.41, 5.74) is 3.18. The fraction of sp³-hybridized carbons (Fsp3) is 0.750. The molecule has 1 rings (SSSR count). The van der Waals surface area contributed by atoms with Gasteiger partial charge in [-0.1, -0.05) is 13.8 Å². The Morgan fingerprint density at radius 2 is 1.94 bits per heavy atom. The Hall–Kier alpha value is -0.880. The van der Waals surface area contributed by atoms with Gasteiger partial charge in [0, 0.05) is 30.1 Å². The summed E-state index contributed by atoms with van der Waals surface area (Å²) in [6, 6.07) is 0.420. The minimum atomic E-state index is -2.94. The summed E-state index contributed by atoms with van der Waals surface area (Å²) in [5, 5.41) is 7.76. The molecule has 1 aromatic rings. The third-order valence-electron chi connectivity index (χ3n) is 2.89. The first kappa shape index (κ1) is 15.2. The zero-order valence-corrected chi connectivity index (χ0v) is 12.6. The lowest BCUT2D eigenvalue weighted by atomic mass is 10.2. The minimum Gasteiger partial charge on any atom is -0.310 e. The normalized spacial score (nSPS) is 12.3. The zero-order chi connectivity index (χ0) is 13.9. The molecule has 0 saturated heterocycles. The van der Waals surface area contributed by atoms with Gasteiger partial charge in [0.25, 0.3) is 0 Å². The standard InChI is InChI=1S/C12H23N3O2S/c1-9(2)13-8-12-10(3)14-15(11(12)4)6-7-18(5,16)17/h9,13H,6-8H2,1-5H3. The topological polar surface area (TPSA) is 64.0 Å². The van der Waals surface area contributed by atoms with Crippen LogP contribution in [0.5, 0.6) is 0 Å². The van der Waals surface area contributed by atoms with Gasteiger partial charge in [-0.25, -0.2) is 8.42 Å². The van der Waals surface area contributed by atoms with Crippen LogP contribution in [0.25, 0.3) is 0 Å². The van der Waals surface area contributed by atoms with E-state index < -0.39 is 9.84 Å². The molecule has 0 aromatic carbocycles. The first-order valence-electron chi connectivity index (χ1n) is 6.14. The van der Waals surface area contributed by atoms with E-state index in [1.807, 2.05) is 13.8 Å². The number of aryl methyl sites for hydroxylation is 2. The number of aromatic nitrogens is 2. The van der Waals surface area contributed by atoms with Crippen molar-refractivity contribution in [3.63, 3.8) is 0 Å². The van der Waals surface area contributed by atoms with Crippen LogP contribution in [-0.2, 0) is 22.9 Å². The Bertz CT molecular complexity index is 504. The number of hydrogen-bond donors (Lipinski definition) is 1. The molecule has 0 amide bonds. The van der Waals surface area contributed by atoms with Crippen molar-refractivity contribution < 1.29 is 8.42 Å². The molecule has 18 heavy (non-hydrogen) atoms. The van der Waals surface area contributed by atoms with Gasteiger partial charge in [-0.05, 0) is 13.8 Å². The number of sulfone groups is 1. The number of hydrogen-bond acceptors (Lipinski definition) is 4. The maximum Gasteiger partial charge on any atom is 0.149 e. The fourth-order valence-electron chi connectivity index (χ4n) is 1.77. The van der Waals surface area contributed by atoms with Crippen molar-refractivity contribution in [1.82, 2.24) is 15.1 Å². The van der Waals surface area contributed by atoms with Gasteiger partial charge in [0.2, 0.25) is 0 Å². The van der Waals surface area contributed by atoms with Gasteiger partial charge < -0.3 is 5.32 Å². The molecular formula is C12H23N3O2S. The van der Waals surface area contributed by atoms with Crippen LogP contribution in [0.1, 0.15) is 30.8 Å². The highest BCUT2D eigenvalue weighted by atomic mass is 32.2. The van der Waals surface area contributed by atoms with Crippen molar-refractivity contribution in [2.24, 2.45) is 0 Å². The van der Waals surface area contributed by atoms with Crippen LogP contribution in [0.3, 0.4) is 0 Å². The molecule has 0 aliphatic carbocycles. The highest BCUT2D eigenvalue weighted by Crippen LogP contribution is 2.13. The Balaban J connectivity index is 2.80. The number of nitrogens with zero attached hydrogens (tertiary/aromatic N) is 2. The quantitative estimate of drug-likeness (QED) is 0.841. The largest absolute Gasteiger partial charge is 0.310 e. The van der Waals surface area contributed by atoms with Gasteiger partial charge in [0.05, 0.1) is 18.0 Å². The number of nitrogens with one attached hydrogen (secondary N) is 1. The van der Waals surface area contributed by atoms with Crippen LogP contribution in [0.15, 0.2) is 0 Å². The third kappa shape index (κ3) is 4.42. The maximum atomic E-state index is 11.2. The van der Waals surface area contributed by atoms with Crippen LogP contribution >= 0.6 is 0 Å². The average molecular weight is 273 g/mol. The second-order valence-electron chi connectivity index (χ2n) is 5.04. The molecule has 0 atom stereocenters. The first-order valence-corrected chi connectivity index (χ1v) is 8.20. The zero-order valence-electron chi connectivity index (χ0n) is 11.8. The van der Waals surface area contributed by atoms with Crippen LogP contribution in [0.4, 0.5) is 0 Å². The Kier molecular flexibility index (Phi) is 4.92. The lowest BCUT2D eigenvalue weighted by molar-refractivity contribution is 0.577. The van der Waals surface area contributed by atoms with E-state index in [4.69, 9.17) is 0 Å². The molecule has 6 heteroatoms. The SMILES string of the molecule is Cc1nn(CCS(C)(=O)=O)c(C)c1CNC(C)C. The summed E-state index contributed by atoms with van der Waals surface area (Å²) in [6.07, 6.45) is 1.25. The summed E-state index contributed by atoms with van der Waals surface area (Å²) in [6.45, 7) is 9.33. The second kappa shape index (κ2) is 5.84. The molecule has 1 heterocycles. The molecule has 0 unspecified atom stereocenters. The predicted molar refractivity (Wildman–Crippen MR) is 73.4 cm³/mol. The second-order valence-corrected chi connectivity index (χ2v) is 7.30. The minimum absolute atomic E-state index is 0.131. The summed E-state index contributed by atoms with van der Waals surface area (Å²) in [5.74, 6) is 0.131. The van der Waals surface area contributed by atoms with Gasteiger partial charge in [0.15, 0.2) is 0 Å². The van der Waals surface area contributed by atoms with E-state index in [0.29, 0.717) is 12.6 Å². The molecular weight excluding hydrogens is 250 g/mol. The van der Waals surface area contributed by atoms with Crippen molar-refractivity contribution >= 4 is 9.84 Å². The molecule has 0 fully saturated rings. The highest BCUT2D eigenvalue weighted by Gasteiger charge is 2.12. The van der Waals surface area contributed by atoms with Crippen molar-refractivity contribution in [2.75, 3.05) is 12.0 Å². The van der Waals surface area contributed by atoms with E-state index in [2.05, 4.69) is 24.3 Å². The van der Waals surface area contributed by atoms with Crippen molar-refractivity contribution in [1.29, 1.82) is 0 Å². The molecule has 104 valence electrons. The van der Waals surface area contributed by atoms with E-state index in [-0.39, 0.29) is 5.75 Å². The molecule has 0 aliphatic rings. The van der Waals surface area contributed by atoms with Crippen molar-refractivity contribution in [3.05, 3.63) is 17.0 Å². The first-order chi connectivity index (χ1) is 8.20. The summed E-state index contributed by atoms with van der Waals surface area (Å²) >= 11 is 0. The van der Waals surface area contributed by atoms with Crippen LogP contribution in [0, 0.1) is 13.8 Å².